The largest absolute Gasteiger partial charge is 0.505 e. The normalized spacial score (nSPS) is 15.0. The first-order valence-electron chi connectivity index (χ1n) is 7.19. The van der Waals surface area contributed by atoms with Gasteiger partial charge in [0.05, 0.1) is 0 Å². The number of carboxylic acid groups (broad SMARTS) is 1. The summed E-state index contributed by atoms with van der Waals surface area (Å²) in [6.07, 6.45) is 1.86. The minimum atomic E-state index is -1.42. The van der Waals surface area contributed by atoms with Crippen molar-refractivity contribution < 1.29 is 19.8 Å². The molecule has 0 atom stereocenters. The van der Waals surface area contributed by atoms with Crippen LogP contribution in [0.2, 0.25) is 0 Å². The standard InChI is InChI=1S/C17H16N2O4/c1-10-6-13(20)14(18-9-10)15(21)19-17(16(22)23)7-11-4-2-3-5-12(11)8-17/h2-6,9,20H,7-8H2,1H3,(H,19,21)(H,22,23). The van der Waals surface area contributed by atoms with Crippen LogP contribution in [0, 0.1) is 6.92 Å². The molecule has 0 saturated carbocycles. The summed E-state index contributed by atoms with van der Waals surface area (Å²) >= 11 is 0. The summed E-state index contributed by atoms with van der Waals surface area (Å²) in [5, 5.41) is 22.1. The van der Waals surface area contributed by atoms with E-state index in [9.17, 15) is 19.8 Å². The van der Waals surface area contributed by atoms with E-state index in [1.54, 1.807) is 6.92 Å². The smallest absolute Gasteiger partial charge is 0.330 e. The van der Waals surface area contributed by atoms with Crippen molar-refractivity contribution >= 4 is 11.9 Å². The van der Waals surface area contributed by atoms with Crippen molar-refractivity contribution in [3.63, 3.8) is 0 Å². The van der Waals surface area contributed by atoms with Crippen molar-refractivity contribution in [2.75, 3.05) is 0 Å². The molecule has 1 heterocycles. The number of aromatic hydroxyl groups is 1. The Morgan fingerprint density at radius 3 is 2.35 bits per heavy atom. The predicted octanol–water partition coefficient (Wildman–Crippen LogP) is 1.45. The molecule has 0 bridgehead atoms. The van der Waals surface area contributed by atoms with E-state index in [2.05, 4.69) is 10.3 Å². The van der Waals surface area contributed by atoms with Crippen molar-refractivity contribution in [2.45, 2.75) is 25.3 Å². The van der Waals surface area contributed by atoms with E-state index in [0.717, 1.165) is 11.1 Å². The number of carbonyl (C=O) groups excluding carboxylic acids is 1. The van der Waals surface area contributed by atoms with E-state index >= 15 is 0 Å². The highest BCUT2D eigenvalue weighted by atomic mass is 16.4. The average molecular weight is 312 g/mol. The number of amides is 1. The minimum absolute atomic E-state index is 0.174. The molecular weight excluding hydrogens is 296 g/mol. The monoisotopic (exact) mass is 312 g/mol. The molecule has 1 amide bonds. The van der Waals surface area contributed by atoms with E-state index in [4.69, 9.17) is 0 Å². The van der Waals surface area contributed by atoms with Crippen LogP contribution in [0.1, 0.15) is 27.2 Å². The lowest BCUT2D eigenvalue weighted by Gasteiger charge is -2.25. The van der Waals surface area contributed by atoms with E-state index < -0.39 is 17.4 Å². The summed E-state index contributed by atoms with van der Waals surface area (Å²) in [7, 11) is 0. The highest BCUT2D eigenvalue weighted by Gasteiger charge is 2.45. The van der Waals surface area contributed by atoms with Crippen molar-refractivity contribution in [3.05, 3.63) is 58.9 Å². The number of benzene rings is 1. The molecule has 1 aliphatic rings. The Morgan fingerprint density at radius 1 is 1.22 bits per heavy atom. The molecule has 23 heavy (non-hydrogen) atoms. The third-order valence-electron chi connectivity index (χ3n) is 4.08. The molecule has 6 nitrogen and oxygen atoms in total. The Balaban J connectivity index is 1.90. The fourth-order valence-corrected chi connectivity index (χ4v) is 2.91. The number of fused-ring (bicyclic) bond motifs is 1. The second-order valence-electron chi connectivity index (χ2n) is 5.84. The van der Waals surface area contributed by atoms with Crippen LogP contribution < -0.4 is 5.32 Å². The Hall–Kier alpha value is -2.89. The molecular formula is C17H16N2O4. The highest BCUT2D eigenvalue weighted by molar-refractivity contribution is 5.98. The first-order valence-corrected chi connectivity index (χ1v) is 7.19. The fourth-order valence-electron chi connectivity index (χ4n) is 2.91. The van der Waals surface area contributed by atoms with Gasteiger partial charge in [-0.25, -0.2) is 9.78 Å². The lowest BCUT2D eigenvalue weighted by molar-refractivity contribution is -0.144. The molecule has 6 heteroatoms. The molecule has 0 spiro atoms. The number of aryl methyl sites for hydroxylation is 1. The van der Waals surface area contributed by atoms with Gasteiger partial charge in [-0.15, -0.1) is 0 Å². The highest BCUT2D eigenvalue weighted by Crippen LogP contribution is 2.31. The maximum absolute atomic E-state index is 12.4. The van der Waals surface area contributed by atoms with Crippen LogP contribution in [0.5, 0.6) is 5.75 Å². The van der Waals surface area contributed by atoms with E-state index in [-0.39, 0.29) is 24.3 Å². The SMILES string of the molecule is Cc1cnc(C(=O)NC2(C(=O)O)Cc3ccccc3C2)c(O)c1. The van der Waals surface area contributed by atoms with Crippen molar-refractivity contribution in [2.24, 2.45) is 0 Å². The average Bonchev–Trinajstić information content (AvgIpc) is 2.86. The summed E-state index contributed by atoms with van der Waals surface area (Å²) in [6.45, 7) is 1.74. The van der Waals surface area contributed by atoms with Crippen LogP contribution in [0.15, 0.2) is 36.5 Å². The molecule has 2 aromatic rings. The maximum Gasteiger partial charge on any atom is 0.330 e. The van der Waals surface area contributed by atoms with Crippen molar-refractivity contribution in [1.82, 2.24) is 10.3 Å². The molecule has 1 aromatic heterocycles. The van der Waals surface area contributed by atoms with Crippen LogP contribution in [0.3, 0.4) is 0 Å². The number of nitrogens with one attached hydrogen (secondary N) is 1. The van der Waals surface area contributed by atoms with E-state index in [1.165, 1.54) is 12.3 Å². The van der Waals surface area contributed by atoms with Gasteiger partial charge in [0.25, 0.3) is 5.91 Å². The molecule has 0 unspecified atom stereocenters. The van der Waals surface area contributed by atoms with Crippen LogP contribution in [0.25, 0.3) is 0 Å². The molecule has 0 radical (unpaired) electrons. The summed E-state index contributed by atoms with van der Waals surface area (Å²) in [5.41, 5.74) is 0.916. The fraction of sp³-hybridized carbons (Fsp3) is 0.235. The summed E-state index contributed by atoms with van der Waals surface area (Å²) < 4.78 is 0. The number of pyridine rings is 1. The quantitative estimate of drug-likeness (QED) is 0.796. The molecule has 3 N–H and O–H groups in total. The zero-order valence-corrected chi connectivity index (χ0v) is 12.5. The Morgan fingerprint density at radius 2 is 1.83 bits per heavy atom. The van der Waals surface area contributed by atoms with Crippen molar-refractivity contribution in [3.8, 4) is 5.75 Å². The number of nitrogens with zero attached hydrogens (tertiary/aromatic N) is 1. The molecule has 3 rings (SSSR count). The summed E-state index contributed by atoms with van der Waals surface area (Å²) in [4.78, 5) is 28.1. The second kappa shape index (κ2) is 5.39. The lowest BCUT2D eigenvalue weighted by Crippen LogP contribution is -2.55. The van der Waals surface area contributed by atoms with Gasteiger partial charge < -0.3 is 15.5 Å². The van der Waals surface area contributed by atoms with Gasteiger partial charge in [-0.05, 0) is 29.7 Å². The Labute approximate surface area is 132 Å². The number of hydrogen-bond donors (Lipinski definition) is 3. The lowest BCUT2D eigenvalue weighted by atomic mass is 9.95. The number of aliphatic carboxylic acids is 1. The van der Waals surface area contributed by atoms with Gasteiger partial charge in [-0.3, -0.25) is 4.79 Å². The number of hydrogen-bond acceptors (Lipinski definition) is 4. The second-order valence-corrected chi connectivity index (χ2v) is 5.84. The van der Waals surface area contributed by atoms with Gasteiger partial charge in [0.15, 0.2) is 5.69 Å². The third-order valence-corrected chi connectivity index (χ3v) is 4.08. The van der Waals surface area contributed by atoms with Crippen molar-refractivity contribution in [1.29, 1.82) is 0 Å². The van der Waals surface area contributed by atoms with Gasteiger partial charge in [0.2, 0.25) is 0 Å². The van der Waals surface area contributed by atoms with Gasteiger partial charge >= 0.3 is 5.97 Å². The molecule has 0 aliphatic heterocycles. The zero-order chi connectivity index (χ0) is 16.6. The third kappa shape index (κ3) is 2.63. The first-order chi connectivity index (χ1) is 10.9. The predicted molar refractivity (Wildman–Crippen MR) is 82.3 cm³/mol. The van der Waals surface area contributed by atoms with Gasteiger partial charge in [-0.2, -0.15) is 0 Å². The van der Waals surface area contributed by atoms with Crippen LogP contribution in [-0.2, 0) is 17.6 Å². The Kier molecular flexibility index (Phi) is 3.52. The zero-order valence-electron chi connectivity index (χ0n) is 12.5. The topological polar surface area (TPSA) is 99.5 Å². The van der Waals surface area contributed by atoms with Gasteiger partial charge in [-0.1, -0.05) is 24.3 Å². The van der Waals surface area contributed by atoms with Crippen LogP contribution in [0.4, 0.5) is 0 Å². The van der Waals surface area contributed by atoms with Gasteiger partial charge in [0, 0.05) is 19.0 Å². The number of aromatic nitrogens is 1. The van der Waals surface area contributed by atoms with Crippen LogP contribution in [-0.4, -0.2) is 32.6 Å². The summed E-state index contributed by atoms with van der Waals surface area (Å²) in [6, 6.07) is 8.80. The van der Waals surface area contributed by atoms with Gasteiger partial charge in [0.1, 0.15) is 11.3 Å². The minimum Gasteiger partial charge on any atom is -0.505 e. The number of carboxylic acids is 1. The molecule has 1 aliphatic carbocycles. The molecule has 0 saturated heterocycles. The first kappa shape index (κ1) is 15.0. The maximum atomic E-state index is 12.4. The summed E-state index contributed by atoms with van der Waals surface area (Å²) in [5.74, 6) is -2.06. The number of rotatable bonds is 3. The van der Waals surface area contributed by atoms with E-state index in [1.807, 2.05) is 24.3 Å². The van der Waals surface area contributed by atoms with Crippen LogP contribution >= 0.6 is 0 Å². The Bertz CT molecular complexity index is 776. The van der Waals surface area contributed by atoms with E-state index in [0.29, 0.717) is 5.56 Å². The molecule has 1 aromatic carbocycles. The molecule has 0 fully saturated rings. The number of carbonyl (C=O) groups is 2. The molecule has 118 valence electrons.